The molecule has 0 amide bonds. The third-order valence-corrected chi connectivity index (χ3v) is 6.21. The van der Waals surface area contributed by atoms with Crippen LogP contribution in [0.2, 0.25) is 0 Å². The Kier molecular flexibility index (Phi) is 6.97. The van der Waals surface area contributed by atoms with Crippen molar-refractivity contribution in [2.24, 2.45) is 7.05 Å². The first kappa shape index (κ1) is 26.8. The normalized spacial score (nSPS) is 11.8. The number of anilines is 4. The van der Waals surface area contributed by atoms with Crippen LogP contribution in [0.4, 0.5) is 31.8 Å². The lowest BCUT2D eigenvalue weighted by molar-refractivity contribution is 0.0146. The summed E-state index contributed by atoms with van der Waals surface area (Å²) in [7, 11) is 4.77. The molecule has 0 radical (unpaired) electrons. The molecule has 5 aromatic rings. The molecule has 15 heteroatoms. The van der Waals surface area contributed by atoms with Gasteiger partial charge in [0.1, 0.15) is 22.8 Å². The van der Waals surface area contributed by atoms with E-state index in [-0.39, 0.29) is 11.2 Å². The van der Waals surface area contributed by atoms with Gasteiger partial charge in [-0.15, -0.1) is 10.2 Å². The van der Waals surface area contributed by atoms with Crippen LogP contribution >= 0.6 is 0 Å². The van der Waals surface area contributed by atoms with Gasteiger partial charge in [0.15, 0.2) is 17.2 Å². The number of aromatic nitrogens is 9. The van der Waals surface area contributed by atoms with Crippen molar-refractivity contribution < 1.29 is 18.3 Å². The quantitative estimate of drug-likeness (QED) is 0.236. The lowest BCUT2D eigenvalue weighted by Crippen LogP contribution is -2.23. The lowest BCUT2D eigenvalue weighted by atomic mass is 10.0. The third-order valence-electron chi connectivity index (χ3n) is 6.21. The number of nitrogens with zero attached hydrogens (tertiary/aromatic N) is 8. The van der Waals surface area contributed by atoms with E-state index in [2.05, 4.69) is 51.0 Å². The fraction of sp³-hybridized carbons (Fsp3) is 0.320. The number of pyridine rings is 1. The van der Waals surface area contributed by atoms with Gasteiger partial charge in [0.25, 0.3) is 6.43 Å². The minimum absolute atomic E-state index is 0.0790. The number of nitrogens with one attached hydrogen (secondary N) is 3. The number of hydrogen-bond acceptors (Lipinski definition) is 11. The molecule has 0 atom stereocenters. The summed E-state index contributed by atoms with van der Waals surface area (Å²) in [6.07, 6.45) is -1.26. The number of H-pyrrole nitrogens is 1. The summed E-state index contributed by atoms with van der Waals surface area (Å²) in [6, 6.07) is 6.99. The molecule has 5 rings (SSSR count). The molecule has 13 nitrogen and oxygen atoms in total. The molecule has 0 aliphatic heterocycles. The topological polar surface area (TPSA) is 153 Å². The van der Waals surface area contributed by atoms with E-state index in [1.165, 1.54) is 11.9 Å². The number of fused-ring (bicyclic) bond motifs is 1. The number of halogens is 2. The molecule has 0 aliphatic rings. The number of aryl methyl sites for hydroxylation is 2. The maximum atomic E-state index is 13.6. The van der Waals surface area contributed by atoms with Crippen molar-refractivity contribution in [2.45, 2.75) is 32.8 Å². The first-order valence-electron chi connectivity index (χ1n) is 12.1. The molecule has 0 unspecified atom stereocenters. The van der Waals surface area contributed by atoms with Crippen LogP contribution in [0.5, 0.6) is 5.75 Å². The minimum atomic E-state index is -2.82. The maximum absolute atomic E-state index is 13.6. The van der Waals surface area contributed by atoms with Crippen LogP contribution in [-0.4, -0.2) is 59.3 Å². The molecule has 0 aliphatic carbocycles. The van der Waals surface area contributed by atoms with Gasteiger partial charge in [-0.25, -0.2) is 23.7 Å². The molecule has 0 fully saturated rings. The summed E-state index contributed by atoms with van der Waals surface area (Å²) in [5.41, 5.74) is 2.61. The third kappa shape index (κ3) is 5.10. The molecule has 0 spiro atoms. The van der Waals surface area contributed by atoms with Crippen molar-refractivity contribution in [2.75, 3.05) is 24.9 Å². The van der Waals surface area contributed by atoms with Gasteiger partial charge in [-0.05, 0) is 38.1 Å². The van der Waals surface area contributed by atoms with Crippen LogP contribution in [-0.2, 0) is 17.4 Å². The highest BCUT2D eigenvalue weighted by Gasteiger charge is 2.25. The monoisotopic (exact) mass is 551 g/mol. The molecule has 0 saturated heterocycles. The Bertz CT molecular complexity index is 1680. The van der Waals surface area contributed by atoms with Gasteiger partial charge in [0.05, 0.1) is 48.7 Å². The Balaban J connectivity index is 1.56. The van der Waals surface area contributed by atoms with Crippen LogP contribution < -0.4 is 15.4 Å². The first-order chi connectivity index (χ1) is 19.1. The summed E-state index contributed by atoms with van der Waals surface area (Å²) in [5, 5.41) is 18.6. The SMILES string of the molecule is COc1c(Nc2cc(Nc3cnc(C(C)(C)OC)c(C)n3)nc3nc(C(F)F)[nH]c23)cccc1-c1nnn(C)n1. The van der Waals surface area contributed by atoms with E-state index >= 15 is 0 Å². The van der Waals surface area contributed by atoms with E-state index in [4.69, 9.17) is 9.47 Å². The van der Waals surface area contributed by atoms with Crippen LogP contribution in [0, 0.1) is 6.92 Å². The second-order valence-electron chi connectivity index (χ2n) is 9.32. The average molecular weight is 552 g/mol. The number of alkyl halides is 2. The highest BCUT2D eigenvalue weighted by molar-refractivity contribution is 5.92. The predicted molar refractivity (Wildman–Crippen MR) is 143 cm³/mol. The maximum Gasteiger partial charge on any atom is 0.295 e. The summed E-state index contributed by atoms with van der Waals surface area (Å²) in [5.74, 6) is 1.00. The number of aromatic amines is 1. The van der Waals surface area contributed by atoms with Crippen molar-refractivity contribution in [3.63, 3.8) is 0 Å². The Morgan fingerprint density at radius 2 is 1.85 bits per heavy atom. The van der Waals surface area contributed by atoms with Crippen molar-refractivity contribution in [1.29, 1.82) is 0 Å². The average Bonchev–Trinajstić information content (AvgIpc) is 3.55. The van der Waals surface area contributed by atoms with Crippen LogP contribution in [0.1, 0.15) is 37.5 Å². The Morgan fingerprint density at radius 1 is 1.05 bits per heavy atom. The molecule has 1 aromatic carbocycles. The molecule has 0 bridgehead atoms. The van der Waals surface area contributed by atoms with Crippen molar-refractivity contribution in [3.05, 3.63) is 47.7 Å². The standard InChI is InChI=1S/C25H27F2N11O2/c1-12-20(25(2,3)40-6)28-11-17(29-12)31-16-10-15(18-23(32-16)34-24(33-18)21(26)27)30-14-9-7-8-13(19(14)39-5)22-35-37-38(4)36-22/h7-11,21H,1-6H3,(H3,29,30,31,32,33,34). The van der Waals surface area contributed by atoms with E-state index in [1.54, 1.807) is 44.6 Å². The van der Waals surface area contributed by atoms with E-state index in [1.807, 2.05) is 20.8 Å². The molecule has 3 N–H and O–H groups in total. The fourth-order valence-corrected chi connectivity index (χ4v) is 4.20. The van der Waals surface area contributed by atoms with E-state index < -0.39 is 17.9 Å². The first-order valence-corrected chi connectivity index (χ1v) is 12.1. The van der Waals surface area contributed by atoms with Gasteiger partial charge in [-0.2, -0.15) is 4.80 Å². The second kappa shape index (κ2) is 10.4. The van der Waals surface area contributed by atoms with Gasteiger partial charge in [0.2, 0.25) is 5.82 Å². The zero-order valence-corrected chi connectivity index (χ0v) is 22.6. The summed E-state index contributed by atoms with van der Waals surface area (Å²) in [4.78, 5) is 21.5. The highest BCUT2D eigenvalue weighted by Crippen LogP contribution is 2.38. The zero-order valence-electron chi connectivity index (χ0n) is 22.6. The van der Waals surface area contributed by atoms with Crippen LogP contribution in [0.25, 0.3) is 22.6 Å². The fourth-order valence-electron chi connectivity index (χ4n) is 4.20. The minimum Gasteiger partial charge on any atom is -0.494 e. The number of methoxy groups -OCH3 is 2. The molecule has 208 valence electrons. The molecule has 4 heterocycles. The molecule has 0 saturated carbocycles. The van der Waals surface area contributed by atoms with E-state index in [9.17, 15) is 8.78 Å². The van der Waals surface area contributed by atoms with Gasteiger partial charge < -0.3 is 25.1 Å². The van der Waals surface area contributed by atoms with Crippen molar-refractivity contribution >= 4 is 34.2 Å². The van der Waals surface area contributed by atoms with Gasteiger partial charge in [0, 0.05) is 13.2 Å². The number of benzene rings is 1. The number of hydrogen-bond donors (Lipinski definition) is 3. The summed E-state index contributed by atoms with van der Waals surface area (Å²) >= 11 is 0. The Hall–Kier alpha value is -4.79. The Morgan fingerprint density at radius 3 is 2.50 bits per heavy atom. The van der Waals surface area contributed by atoms with Crippen molar-refractivity contribution in [3.8, 4) is 17.1 Å². The van der Waals surface area contributed by atoms with Crippen LogP contribution in [0.3, 0.4) is 0 Å². The summed E-state index contributed by atoms with van der Waals surface area (Å²) in [6.45, 7) is 5.62. The Labute approximate surface area is 227 Å². The number of imidazole rings is 1. The lowest BCUT2D eigenvalue weighted by Gasteiger charge is -2.23. The number of para-hydroxylation sites is 1. The molecule has 4 aromatic heterocycles. The second-order valence-corrected chi connectivity index (χ2v) is 9.32. The molecular formula is C25H27F2N11O2. The largest absolute Gasteiger partial charge is 0.494 e. The molecule has 40 heavy (non-hydrogen) atoms. The van der Waals surface area contributed by atoms with E-state index in [0.717, 1.165) is 0 Å². The zero-order chi connectivity index (χ0) is 28.6. The number of tetrazole rings is 1. The van der Waals surface area contributed by atoms with Gasteiger partial charge >= 0.3 is 0 Å². The predicted octanol–water partition coefficient (Wildman–Crippen LogP) is 4.56. The summed E-state index contributed by atoms with van der Waals surface area (Å²) < 4.78 is 38.3. The van der Waals surface area contributed by atoms with Crippen LogP contribution in [0.15, 0.2) is 30.5 Å². The molecular weight excluding hydrogens is 524 g/mol. The highest BCUT2D eigenvalue weighted by atomic mass is 19.3. The van der Waals surface area contributed by atoms with Gasteiger partial charge in [-0.1, -0.05) is 6.07 Å². The van der Waals surface area contributed by atoms with Crippen molar-refractivity contribution in [1.82, 2.24) is 45.1 Å². The number of ether oxygens (including phenoxy) is 2. The number of rotatable bonds is 9. The van der Waals surface area contributed by atoms with E-state index in [0.29, 0.717) is 51.5 Å². The van der Waals surface area contributed by atoms with Gasteiger partial charge in [-0.3, -0.25) is 4.98 Å². The smallest absolute Gasteiger partial charge is 0.295 e.